The smallest absolute Gasteiger partial charge is 0.272 e. The summed E-state index contributed by atoms with van der Waals surface area (Å²) in [7, 11) is 0. The number of rotatable bonds is 5. The number of amides is 2. The van der Waals surface area contributed by atoms with E-state index < -0.39 is 0 Å². The molecule has 132 valence electrons. The molecule has 7 heteroatoms. The molecule has 0 aliphatic carbocycles. The Morgan fingerprint density at radius 2 is 2.29 bits per heavy atom. The molecular formula is C17H26N4O3. The van der Waals surface area contributed by atoms with Gasteiger partial charge in [0, 0.05) is 26.2 Å². The Balaban J connectivity index is 1.72. The largest absolute Gasteiger partial charge is 0.380 e. The summed E-state index contributed by atoms with van der Waals surface area (Å²) in [5.41, 5.74) is 1.01. The van der Waals surface area contributed by atoms with E-state index in [1.165, 1.54) is 0 Å². The average Bonchev–Trinajstić information content (AvgIpc) is 3.15. The minimum Gasteiger partial charge on any atom is -0.380 e. The van der Waals surface area contributed by atoms with Crippen molar-refractivity contribution >= 4 is 11.8 Å². The van der Waals surface area contributed by atoms with Crippen molar-refractivity contribution in [3.05, 3.63) is 17.5 Å². The lowest BCUT2D eigenvalue weighted by Gasteiger charge is -2.32. The van der Waals surface area contributed by atoms with Crippen LogP contribution in [-0.4, -0.2) is 59.3 Å². The van der Waals surface area contributed by atoms with E-state index in [0.717, 1.165) is 31.5 Å². The fourth-order valence-corrected chi connectivity index (χ4v) is 3.71. The number of nitrogens with one attached hydrogen (secondary N) is 1. The van der Waals surface area contributed by atoms with E-state index in [1.54, 1.807) is 9.58 Å². The van der Waals surface area contributed by atoms with Gasteiger partial charge in [-0.2, -0.15) is 5.10 Å². The predicted molar refractivity (Wildman–Crippen MR) is 88.7 cm³/mol. The SMILES string of the molecule is CCOCCn1nc(C)cc1C(=O)N1CC[C@@]2(CCCNC2=O)C1. The molecule has 1 atom stereocenters. The highest BCUT2D eigenvalue weighted by Gasteiger charge is 2.47. The molecule has 24 heavy (non-hydrogen) atoms. The second-order valence-corrected chi connectivity index (χ2v) is 6.71. The monoisotopic (exact) mass is 334 g/mol. The Labute approximate surface area is 142 Å². The second-order valence-electron chi connectivity index (χ2n) is 6.71. The topological polar surface area (TPSA) is 76.5 Å². The molecule has 3 rings (SSSR count). The van der Waals surface area contributed by atoms with Gasteiger partial charge in [-0.25, -0.2) is 0 Å². The number of likely N-dealkylation sites (tertiary alicyclic amines) is 1. The third-order valence-electron chi connectivity index (χ3n) is 5.01. The van der Waals surface area contributed by atoms with Crippen LogP contribution in [-0.2, 0) is 16.1 Å². The normalized spacial score (nSPS) is 23.8. The van der Waals surface area contributed by atoms with E-state index in [1.807, 2.05) is 19.9 Å². The van der Waals surface area contributed by atoms with E-state index >= 15 is 0 Å². The summed E-state index contributed by atoms with van der Waals surface area (Å²) in [6.07, 6.45) is 2.60. The van der Waals surface area contributed by atoms with Crippen LogP contribution in [0, 0.1) is 12.3 Å². The highest BCUT2D eigenvalue weighted by molar-refractivity contribution is 5.94. The van der Waals surface area contributed by atoms with E-state index in [9.17, 15) is 9.59 Å². The summed E-state index contributed by atoms with van der Waals surface area (Å²) in [6.45, 7) is 7.44. The van der Waals surface area contributed by atoms with Crippen molar-refractivity contribution < 1.29 is 14.3 Å². The van der Waals surface area contributed by atoms with Gasteiger partial charge in [0.1, 0.15) is 5.69 Å². The lowest BCUT2D eigenvalue weighted by Crippen LogP contribution is -2.48. The maximum absolute atomic E-state index is 12.9. The van der Waals surface area contributed by atoms with Crippen molar-refractivity contribution in [3.63, 3.8) is 0 Å². The first kappa shape index (κ1) is 17.0. The quantitative estimate of drug-likeness (QED) is 0.814. The van der Waals surface area contributed by atoms with Crippen LogP contribution >= 0.6 is 0 Å². The third kappa shape index (κ3) is 3.17. The lowest BCUT2D eigenvalue weighted by atomic mass is 9.79. The molecule has 1 N–H and O–H groups in total. The summed E-state index contributed by atoms with van der Waals surface area (Å²) in [4.78, 5) is 27.0. The van der Waals surface area contributed by atoms with E-state index in [-0.39, 0.29) is 17.2 Å². The Kier molecular flexibility index (Phi) is 4.89. The zero-order valence-corrected chi connectivity index (χ0v) is 14.5. The molecule has 2 saturated heterocycles. The Bertz CT molecular complexity index is 627. The molecule has 0 bridgehead atoms. The van der Waals surface area contributed by atoms with Crippen LogP contribution in [0.15, 0.2) is 6.07 Å². The zero-order valence-electron chi connectivity index (χ0n) is 14.5. The van der Waals surface area contributed by atoms with Gasteiger partial charge in [0.05, 0.1) is 24.3 Å². The summed E-state index contributed by atoms with van der Waals surface area (Å²) in [5.74, 6) is 0.0624. The fraction of sp³-hybridized carbons (Fsp3) is 0.706. The maximum atomic E-state index is 12.9. The number of piperidine rings is 1. The standard InChI is InChI=1S/C17H26N4O3/c1-3-24-10-9-21-14(11-13(2)19-21)15(22)20-8-6-17(12-20)5-4-7-18-16(17)23/h11H,3-10,12H2,1-2H3,(H,18,23)/t17-/m0/s1. The molecule has 1 spiro atoms. The number of aromatic nitrogens is 2. The van der Waals surface area contributed by atoms with Gasteiger partial charge < -0.3 is 15.0 Å². The molecule has 1 aromatic heterocycles. The lowest BCUT2D eigenvalue weighted by molar-refractivity contribution is -0.132. The zero-order chi connectivity index (χ0) is 17.2. The number of aryl methyl sites for hydroxylation is 1. The Hall–Kier alpha value is -1.89. The first-order valence-electron chi connectivity index (χ1n) is 8.75. The summed E-state index contributed by atoms with van der Waals surface area (Å²) in [6, 6.07) is 1.82. The number of hydrogen-bond donors (Lipinski definition) is 1. The van der Waals surface area contributed by atoms with Gasteiger partial charge in [0.25, 0.3) is 5.91 Å². The fourth-order valence-electron chi connectivity index (χ4n) is 3.71. The molecule has 3 heterocycles. The van der Waals surface area contributed by atoms with E-state index in [4.69, 9.17) is 4.74 Å². The molecule has 2 aliphatic heterocycles. The number of ether oxygens (including phenoxy) is 1. The van der Waals surface area contributed by atoms with E-state index in [0.29, 0.717) is 38.5 Å². The van der Waals surface area contributed by atoms with Crippen molar-refractivity contribution in [2.75, 3.05) is 32.8 Å². The van der Waals surface area contributed by atoms with Crippen molar-refractivity contribution in [1.29, 1.82) is 0 Å². The highest BCUT2D eigenvalue weighted by Crippen LogP contribution is 2.37. The first-order chi connectivity index (χ1) is 11.6. The molecule has 2 amide bonds. The van der Waals surface area contributed by atoms with Crippen LogP contribution < -0.4 is 5.32 Å². The van der Waals surface area contributed by atoms with Crippen LogP contribution in [0.25, 0.3) is 0 Å². The van der Waals surface area contributed by atoms with Gasteiger partial charge in [0.15, 0.2) is 0 Å². The summed E-state index contributed by atoms with van der Waals surface area (Å²) >= 11 is 0. The first-order valence-corrected chi connectivity index (χ1v) is 8.75. The molecule has 1 aromatic rings. The number of hydrogen-bond acceptors (Lipinski definition) is 4. The van der Waals surface area contributed by atoms with Gasteiger partial charge >= 0.3 is 0 Å². The number of nitrogens with zero attached hydrogens (tertiary/aromatic N) is 3. The van der Waals surface area contributed by atoms with Crippen LogP contribution in [0.4, 0.5) is 0 Å². The van der Waals surface area contributed by atoms with Crippen LogP contribution in [0.3, 0.4) is 0 Å². The van der Waals surface area contributed by atoms with Crippen LogP contribution in [0.1, 0.15) is 42.4 Å². The second kappa shape index (κ2) is 6.93. The van der Waals surface area contributed by atoms with Crippen LogP contribution in [0.2, 0.25) is 0 Å². The van der Waals surface area contributed by atoms with Crippen molar-refractivity contribution in [2.45, 2.75) is 39.7 Å². The summed E-state index contributed by atoms with van der Waals surface area (Å²) in [5, 5.41) is 7.36. The van der Waals surface area contributed by atoms with Crippen LogP contribution in [0.5, 0.6) is 0 Å². The molecule has 0 aromatic carbocycles. The van der Waals surface area contributed by atoms with E-state index in [2.05, 4.69) is 10.4 Å². The minimum absolute atomic E-state index is 0.0395. The van der Waals surface area contributed by atoms with Gasteiger partial charge in [-0.1, -0.05) is 0 Å². The maximum Gasteiger partial charge on any atom is 0.272 e. The molecular weight excluding hydrogens is 308 g/mol. The van der Waals surface area contributed by atoms with Crippen molar-refractivity contribution in [2.24, 2.45) is 5.41 Å². The van der Waals surface area contributed by atoms with Gasteiger partial charge in [-0.3, -0.25) is 14.3 Å². The average molecular weight is 334 g/mol. The van der Waals surface area contributed by atoms with Gasteiger partial charge in [-0.05, 0) is 39.2 Å². The third-order valence-corrected chi connectivity index (χ3v) is 5.01. The summed E-state index contributed by atoms with van der Waals surface area (Å²) < 4.78 is 7.09. The van der Waals surface area contributed by atoms with Gasteiger partial charge in [-0.15, -0.1) is 0 Å². The minimum atomic E-state index is -0.390. The molecule has 7 nitrogen and oxygen atoms in total. The number of carbonyl (C=O) groups is 2. The molecule has 2 fully saturated rings. The number of carbonyl (C=O) groups excluding carboxylic acids is 2. The van der Waals surface area contributed by atoms with Gasteiger partial charge in [0.2, 0.25) is 5.91 Å². The Morgan fingerprint density at radius 3 is 3.04 bits per heavy atom. The Morgan fingerprint density at radius 1 is 1.46 bits per heavy atom. The molecule has 0 saturated carbocycles. The van der Waals surface area contributed by atoms with Crippen molar-refractivity contribution in [3.8, 4) is 0 Å². The predicted octanol–water partition coefficient (Wildman–Crippen LogP) is 0.970. The molecule has 0 unspecified atom stereocenters. The highest BCUT2D eigenvalue weighted by atomic mass is 16.5. The van der Waals surface area contributed by atoms with Crippen molar-refractivity contribution in [1.82, 2.24) is 20.0 Å². The molecule has 0 radical (unpaired) electrons. The molecule has 2 aliphatic rings.